The predicted octanol–water partition coefficient (Wildman–Crippen LogP) is 29.5. The molecule has 0 saturated carbocycles. The fraction of sp³-hybridized carbons (Fsp3) is 0.608. The Labute approximate surface area is 821 Å². The minimum atomic E-state index is -0.000556. The molecule has 6 heterocycles. The summed E-state index contributed by atoms with van der Waals surface area (Å²) in [5, 5.41) is 0. The third-order valence-electron chi connectivity index (χ3n) is 9.34. The Kier molecular flexibility index (Phi) is 155. The molecule has 0 unspecified atom stereocenters. The van der Waals surface area contributed by atoms with Gasteiger partial charge in [0.1, 0.15) is 0 Å². The maximum absolute atomic E-state index is 4.12. The minimum Gasteiger partial charge on any atom is -0.452 e. The fourth-order valence-electron chi connectivity index (χ4n) is 4.90. The molecule has 660 valence electrons. The molecule has 0 radical (unpaired) electrons. The van der Waals surface area contributed by atoms with Gasteiger partial charge >= 0.3 is 147 Å². The summed E-state index contributed by atoms with van der Waals surface area (Å²) < 4.78 is 0. The molecular formula is C97H175N11W7. The van der Waals surface area contributed by atoms with Gasteiger partial charge in [-0.3, -0.25) is 0 Å². The number of hydrogen-bond donors (Lipinski definition) is 0. The van der Waals surface area contributed by atoms with Crippen molar-refractivity contribution < 1.29 is 147 Å². The molecule has 7 rings (SSSR count). The van der Waals surface area contributed by atoms with E-state index < -0.39 is 0 Å². The molecule has 1 aromatic carbocycles. The maximum Gasteiger partial charge on any atom is 2.00 e. The molecule has 0 N–H and O–H groups in total. The molecule has 0 spiro atoms. The third-order valence-corrected chi connectivity index (χ3v) is 9.34. The van der Waals surface area contributed by atoms with Crippen LogP contribution in [0.2, 0.25) is 0 Å². The summed E-state index contributed by atoms with van der Waals surface area (Å²) in [5.74, 6) is 8.71. The number of rotatable bonds is 0. The molecule has 6 aromatic heterocycles. The van der Waals surface area contributed by atoms with Crippen LogP contribution in [-0.4, -0.2) is 54.8 Å². The van der Waals surface area contributed by atoms with Crippen molar-refractivity contribution in [1.82, 2.24) is 54.8 Å². The SMILES string of the molecule is CC.CC.CC.CC.CC.CC.CC(C)(C)c1c[c-]ccc1.CC(C)(C)c1c[c-]ncc1.CC(C)(C)c1ccc[c-]n1.CC(C)(C)c1ccn[c-]n1.CC(C)(C)c1cnc[c-]n1.CC(C)(C)c1n[c-]ccn1.CC(C)(C)c1n[c-]ncn1.C[C-](C)C.C[C-](C)C.C[C-](C)C.C[C-](C)C.C[C-](C)C.C[CH-]C.C[CH-]C.[W+2].[W+2].[W+2].[W+2].[W+2].[W+2].[W+2]. The van der Waals surface area contributed by atoms with E-state index in [0.717, 1.165) is 28.7 Å². The smallest absolute Gasteiger partial charge is 0.452 e. The van der Waals surface area contributed by atoms with Gasteiger partial charge in [-0.05, 0) is 34.1 Å². The number of pyridine rings is 2. The number of hydrogen-bond acceptors (Lipinski definition) is 11. The molecule has 0 aliphatic rings. The van der Waals surface area contributed by atoms with Crippen LogP contribution in [0.25, 0.3) is 0 Å². The molecule has 115 heavy (non-hydrogen) atoms. The Bertz CT molecular complexity index is 2160. The van der Waals surface area contributed by atoms with E-state index in [4.69, 9.17) is 0 Å². The van der Waals surface area contributed by atoms with Crippen molar-refractivity contribution in [2.45, 2.75) is 398 Å². The molecule has 0 bridgehead atoms. The first-order valence-corrected chi connectivity index (χ1v) is 39.3. The van der Waals surface area contributed by atoms with E-state index in [2.05, 4.69) is 354 Å². The van der Waals surface area contributed by atoms with Gasteiger partial charge in [0.2, 0.25) is 0 Å². The molecule has 7 aromatic rings. The summed E-state index contributed by atoms with van der Waals surface area (Å²) >= 11 is 0. The zero-order chi connectivity index (χ0) is 88.6. The molecular weight excluding hydrogens is 2610 g/mol. The number of benzene rings is 1. The average molecular weight is 2780 g/mol. The molecule has 0 atom stereocenters. The van der Waals surface area contributed by atoms with Crippen LogP contribution in [0.4, 0.5) is 0 Å². The van der Waals surface area contributed by atoms with Gasteiger partial charge in [0, 0.05) is 30.6 Å². The first-order valence-electron chi connectivity index (χ1n) is 39.3. The van der Waals surface area contributed by atoms with E-state index in [-0.39, 0.29) is 185 Å². The van der Waals surface area contributed by atoms with E-state index in [0.29, 0.717) is 0 Å². The summed E-state index contributed by atoms with van der Waals surface area (Å²) in [7, 11) is 0. The quantitative estimate of drug-likeness (QED) is 0.134. The first-order chi connectivity index (χ1) is 49.7. The van der Waals surface area contributed by atoms with Gasteiger partial charge in [-0.2, -0.15) is 198 Å². The van der Waals surface area contributed by atoms with Crippen molar-refractivity contribution in [3.8, 4) is 0 Å². The van der Waals surface area contributed by atoms with Gasteiger partial charge in [0.05, 0.1) is 0 Å². The summed E-state index contributed by atoms with van der Waals surface area (Å²) in [6, 6.07) is 24.6. The van der Waals surface area contributed by atoms with Crippen LogP contribution in [0.15, 0.2) is 104 Å². The fourth-order valence-corrected chi connectivity index (χ4v) is 4.90. The van der Waals surface area contributed by atoms with E-state index in [1.165, 1.54) is 47.0 Å². The predicted molar refractivity (Wildman–Crippen MR) is 484 cm³/mol. The summed E-state index contributed by atoms with van der Waals surface area (Å²) in [5.41, 5.74) is 6.60. The minimum absolute atomic E-state index is 0. The molecule has 11 nitrogen and oxygen atoms in total. The normalized spacial score (nSPS) is 9.19. The second kappa shape index (κ2) is 109. The Hall–Kier alpha value is -1.41. The zero-order valence-electron chi connectivity index (χ0n) is 83.7. The zero-order valence-corrected chi connectivity index (χ0v) is 104. The van der Waals surface area contributed by atoms with Crippen LogP contribution in [0, 0.1) is 85.9 Å². The number of aromatic nitrogens is 11. The molecule has 0 aliphatic carbocycles. The second-order valence-electron chi connectivity index (χ2n) is 32.0. The first kappa shape index (κ1) is 164. The Morgan fingerprint density at radius 2 is 0.617 bits per heavy atom. The van der Waals surface area contributed by atoms with Crippen LogP contribution in [-0.2, 0) is 185 Å². The van der Waals surface area contributed by atoms with Crippen molar-refractivity contribution in [3.63, 3.8) is 0 Å². The van der Waals surface area contributed by atoms with Crippen molar-refractivity contribution >= 4 is 0 Å². The Balaban J connectivity index is -0.0000000470. The molecule has 0 saturated heterocycles. The summed E-state index contributed by atoms with van der Waals surface area (Å²) in [4.78, 5) is 43.3. The Morgan fingerprint density at radius 1 is 0.296 bits per heavy atom. The van der Waals surface area contributed by atoms with Crippen LogP contribution in [0.1, 0.15) is 400 Å². The summed E-state index contributed by atoms with van der Waals surface area (Å²) in [6.07, 6.45) is 30.2. The van der Waals surface area contributed by atoms with Crippen LogP contribution in [0.5, 0.6) is 0 Å². The summed E-state index contributed by atoms with van der Waals surface area (Å²) in [6.45, 7) is 108. The average Bonchev–Trinajstić information content (AvgIpc) is 0.942. The van der Waals surface area contributed by atoms with Crippen molar-refractivity contribution in [2.24, 2.45) is 0 Å². The standard InChI is InChI=1S/C10H13.2C9H12N.3C8H11N2.C7H10N3.5C4H9.2C3H7.6C2H6.7W/c1-10(2,3)9-7-5-4-6-8-9;1-9(2,3)8-4-6-10-7-5-8;1-9(2,3)8-6-4-5-7-10-8;1-8(2,3)7-6-9-4-5-10-7;1-8(2,3)7-4-5-9-6-10-7;1-8(2,3)7-9-5-4-6-10-7;1-7(2,3)6-9-4-8-5-10-6;5*1-4(2)3;2*1-3-2;6*1-2;;;;;;;/h4-5,7-8H,1-3H3;2*4-6H,1-3H3;4,6H,1-3H3;2*4-5H,1-3H3;4H,1-3H3;5*1-3H3;2*3H,1-2H3;6*1-2H3;;;;;;;/q14*-1;;;;;;;7*+2. The largest absolute Gasteiger partial charge is 2.00 e. The molecule has 0 amide bonds. The Morgan fingerprint density at radius 3 is 0.800 bits per heavy atom. The topological polar surface area (TPSA) is 142 Å². The van der Waals surface area contributed by atoms with Gasteiger partial charge in [0.25, 0.3) is 0 Å². The van der Waals surface area contributed by atoms with E-state index in [1.54, 1.807) is 37.1 Å². The monoisotopic (exact) mass is 2780 g/mol. The van der Waals surface area contributed by atoms with E-state index in [9.17, 15) is 0 Å². The van der Waals surface area contributed by atoms with Gasteiger partial charge < -0.3 is 97.3 Å². The van der Waals surface area contributed by atoms with Crippen LogP contribution < -0.4 is 0 Å². The van der Waals surface area contributed by atoms with Crippen molar-refractivity contribution in [2.75, 3.05) is 0 Å². The van der Waals surface area contributed by atoms with Gasteiger partial charge in [0.15, 0.2) is 0 Å². The molecule has 18 heteroatoms. The van der Waals surface area contributed by atoms with Crippen molar-refractivity contribution in [1.29, 1.82) is 0 Å². The van der Waals surface area contributed by atoms with Gasteiger partial charge in [-0.15, -0.1) is 23.9 Å². The van der Waals surface area contributed by atoms with Crippen LogP contribution in [0.3, 0.4) is 0 Å². The third kappa shape index (κ3) is 148. The number of nitrogens with zero attached hydrogens (tertiary/aromatic N) is 11. The molecule has 0 fully saturated rings. The maximum atomic E-state index is 4.12. The molecule has 0 aliphatic heterocycles. The van der Waals surface area contributed by atoms with E-state index >= 15 is 0 Å². The van der Waals surface area contributed by atoms with Crippen molar-refractivity contribution in [3.05, 3.63) is 230 Å². The van der Waals surface area contributed by atoms with E-state index in [1.807, 2.05) is 178 Å². The second-order valence-corrected chi connectivity index (χ2v) is 32.0. The van der Waals surface area contributed by atoms with Gasteiger partial charge in [-0.1, -0.05) is 299 Å². The van der Waals surface area contributed by atoms with Gasteiger partial charge in [-0.25, -0.2) is 0 Å². The van der Waals surface area contributed by atoms with Crippen LogP contribution >= 0.6 is 0 Å².